The number of methoxy groups -OCH3 is 1. The first kappa shape index (κ1) is 8.84. The van der Waals surface area contributed by atoms with Crippen LogP contribution >= 0.6 is 0 Å². The average Bonchev–Trinajstić information content (AvgIpc) is 2.09. The van der Waals surface area contributed by atoms with Gasteiger partial charge in [0.15, 0.2) is 0 Å². The molecule has 3 nitrogen and oxygen atoms in total. The SMILES string of the molecule is CCNc1ccc(OC)nc1C. The Morgan fingerprint density at radius 2 is 2.25 bits per heavy atom. The van der Waals surface area contributed by atoms with Gasteiger partial charge in [0, 0.05) is 12.6 Å². The van der Waals surface area contributed by atoms with Crippen LogP contribution in [0.4, 0.5) is 5.69 Å². The zero-order chi connectivity index (χ0) is 8.97. The average molecular weight is 166 g/mol. The lowest BCUT2D eigenvalue weighted by atomic mass is 10.3. The van der Waals surface area contributed by atoms with E-state index in [4.69, 9.17) is 4.74 Å². The number of nitrogens with zero attached hydrogens (tertiary/aromatic N) is 1. The Labute approximate surface area is 72.8 Å². The van der Waals surface area contributed by atoms with Crippen molar-refractivity contribution < 1.29 is 4.74 Å². The van der Waals surface area contributed by atoms with E-state index in [2.05, 4.69) is 17.2 Å². The van der Waals surface area contributed by atoms with Crippen molar-refractivity contribution in [3.8, 4) is 5.88 Å². The molecule has 1 aromatic heterocycles. The number of ether oxygens (including phenoxy) is 1. The molecule has 0 saturated heterocycles. The van der Waals surface area contributed by atoms with Gasteiger partial charge in [0.1, 0.15) is 0 Å². The smallest absolute Gasteiger partial charge is 0.213 e. The molecule has 66 valence electrons. The lowest BCUT2D eigenvalue weighted by Crippen LogP contribution is -2.00. The van der Waals surface area contributed by atoms with E-state index >= 15 is 0 Å². The van der Waals surface area contributed by atoms with E-state index in [1.165, 1.54) is 0 Å². The van der Waals surface area contributed by atoms with Gasteiger partial charge in [-0.1, -0.05) is 0 Å². The molecule has 0 bridgehead atoms. The fourth-order valence-corrected chi connectivity index (χ4v) is 1.03. The molecule has 12 heavy (non-hydrogen) atoms. The van der Waals surface area contributed by atoms with Crippen molar-refractivity contribution in [1.29, 1.82) is 0 Å². The highest BCUT2D eigenvalue weighted by Gasteiger charge is 1.99. The van der Waals surface area contributed by atoms with Crippen molar-refractivity contribution in [1.82, 2.24) is 4.98 Å². The Balaban J connectivity index is 2.87. The molecule has 0 aliphatic carbocycles. The molecule has 0 radical (unpaired) electrons. The second-order valence-corrected chi connectivity index (χ2v) is 2.52. The minimum absolute atomic E-state index is 0.661. The van der Waals surface area contributed by atoms with E-state index in [9.17, 15) is 0 Å². The minimum Gasteiger partial charge on any atom is -0.481 e. The first-order valence-electron chi connectivity index (χ1n) is 4.03. The largest absolute Gasteiger partial charge is 0.481 e. The molecule has 0 aliphatic heterocycles. The van der Waals surface area contributed by atoms with Crippen molar-refractivity contribution in [2.45, 2.75) is 13.8 Å². The molecular formula is C9H14N2O. The Hall–Kier alpha value is -1.25. The maximum Gasteiger partial charge on any atom is 0.213 e. The van der Waals surface area contributed by atoms with E-state index in [-0.39, 0.29) is 0 Å². The highest BCUT2D eigenvalue weighted by Crippen LogP contribution is 2.15. The molecule has 0 amide bonds. The predicted octanol–water partition coefficient (Wildman–Crippen LogP) is 1.83. The van der Waals surface area contributed by atoms with E-state index in [0.29, 0.717) is 5.88 Å². The molecule has 0 spiro atoms. The van der Waals surface area contributed by atoms with E-state index in [0.717, 1.165) is 17.9 Å². The minimum atomic E-state index is 0.661. The first-order chi connectivity index (χ1) is 5.77. The summed E-state index contributed by atoms with van der Waals surface area (Å²) < 4.78 is 4.99. The van der Waals surface area contributed by atoms with Crippen molar-refractivity contribution in [3.63, 3.8) is 0 Å². The Morgan fingerprint density at radius 1 is 1.50 bits per heavy atom. The van der Waals surface area contributed by atoms with Gasteiger partial charge in [-0.3, -0.25) is 0 Å². The third kappa shape index (κ3) is 1.87. The number of rotatable bonds is 3. The number of anilines is 1. The Kier molecular flexibility index (Phi) is 2.91. The molecule has 0 atom stereocenters. The van der Waals surface area contributed by atoms with Crippen LogP contribution in [0.2, 0.25) is 0 Å². The number of hydrogen-bond donors (Lipinski definition) is 1. The van der Waals surface area contributed by atoms with Gasteiger partial charge < -0.3 is 10.1 Å². The third-order valence-electron chi connectivity index (χ3n) is 1.64. The summed E-state index contributed by atoms with van der Waals surface area (Å²) in [6.45, 7) is 4.93. The maximum atomic E-state index is 4.99. The maximum absolute atomic E-state index is 4.99. The van der Waals surface area contributed by atoms with Crippen molar-refractivity contribution >= 4 is 5.69 Å². The fraction of sp³-hybridized carbons (Fsp3) is 0.444. The summed E-state index contributed by atoms with van der Waals surface area (Å²) in [6, 6.07) is 3.83. The lowest BCUT2D eigenvalue weighted by molar-refractivity contribution is 0.397. The van der Waals surface area contributed by atoms with Gasteiger partial charge in [-0.15, -0.1) is 0 Å². The quantitative estimate of drug-likeness (QED) is 0.743. The van der Waals surface area contributed by atoms with Gasteiger partial charge in [0.05, 0.1) is 18.5 Å². The second kappa shape index (κ2) is 3.95. The monoisotopic (exact) mass is 166 g/mol. The lowest BCUT2D eigenvalue weighted by Gasteiger charge is -2.07. The summed E-state index contributed by atoms with van der Waals surface area (Å²) >= 11 is 0. The van der Waals surface area contributed by atoms with Gasteiger partial charge in [-0.25, -0.2) is 4.98 Å². The van der Waals surface area contributed by atoms with Crippen LogP contribution in [0.1, 0.15) is 12.6 Å². The molecule has 0 aliphatic rings. The third-order valence-corrected chi connectivity index (χ3v) is 1.64. The number of pyridine rings is 1. The first-order valence-corrected chi connectivity index (χ1v) is 4.03. The standard InChI is InChI=1S/C9H14N2O/c1-4-10-8-5-6-9(12-3)11-7(8)2/h5-6,10H,4H2,1-3H3. The summed E-state index contributed by atoms with van der Waals surface area (Å²) in [6.07, 6.45) is 0. The summed E-state index contributed by atoms with van der Waals surface area (Å²) in [5.74, 6) is 0.661. The van der Waals surface area contributed by atoms with E-state index in [1.807, 2.05) is 19.1 Å². The molecule has 1 aromatic rings. The number of nitrogens with one attached hydrogen (secondary N) is 1. The van der Waals surface area contributed by atoms with Crippen LogP contribution in [0, 0.1) is 6.92 Å². The van der Waals surface area contributed by atoms with Crippen molar-refractivity contribution in [2.75, 3.05) is 19.0 Å². The van der Waals surface area contributed by atoms with Crippen LogP contribution in [0.25, 0.3) is 0 Å². The van der Waals surface area contributed by atoms with Crippen LogP contribution in [0.15, 0.2) is 12.1 Å². The van der Waals surface area contributed by atoms with Gasteiger partial charge in [0.25, 0.3) is 0 Å². The molecule has 0 fully saturated rings. The van der Waals surface area contributed by atoms with Crippen molar-refractivity contribution in [2.24, 2.45) is 0 Å². The van der Waals surface area contributed by atoms with Crippen LogP contribution in [0.3, 0.4) is 0 Å². The number of aromatic nitrogens is 1. The second-order valence-electron chi connectivity index (χ2n) is 2.52. The van der Waals surface area contributed by atoms with Crippen LogP contribution in [-0.2, 0) is 0 Å². The van der Waals surface area contributed by atoms with Crippen molar-refractivity contribution in [3.05, 3.63) is 17.8 Å². The molecule has 1 rings (SSSR count). The predicted molar refractivity (Wildman–Crippen MR) is 49.7 cm³/mol. The fourth-order valence-electron chi connectivity index (χ4n) is 1.03. The molecule has 1 N–H and O–H groups in total. The van der Waals surface area contributed by atoms with Crippen LogP contribution in [0.5, 0.6) is 5.88 Å². The Morgan fingerprint density at radius 3 is 2.75 bits per heavy atom. The van der Waals surface area contributed by atoms with E-state index < -0.39 is 0 Å². The zero-order valence-electron chi connectivity index (χ0n) is 7.72. The summed E-state index contributed by atoms with van der Waals surface area (Å²) in [5, 5.41) is 3.21. The van der Waals surface area contributed by atoms with Gasteiger partial charge in [-0.05, 0) is 19.9 Å². The highest BCUT2D eigenvalue weighted by molar-refractivity contribution is 5.48. The summed E-state index contributed by atoms with van der Waals surface area (Å²) in [5.41, 5.74) is 2.04. The van der Waals surface area contributed by atoms with Gasteiger partial charge in [0.2, 0.25) is 5.88 Å². The zero-order valence-corrected chi connectivity index (χ0v) is 7.72. The molecule has 0 unspecified atom stereocenters. The summed E-state index contributed by atoms with van der Waals surface area (Å²) in [7, 11) is 1.62. The molecule has 0 aromatic carbocycles. The molecule has 0 saturated carbocycles. The number of hydrogen-bond acceptors (Lipinski definition) is 3. The van der Waals surface area contributed by atoms with E-state index in [1.54, 1.807) is 7.11 Å². The van der Waals surface area contributed by atoms with Crippen LogP contribution in [-0.4, -0.2) is 18.6 Å². The molecule has 1 heterocycles. The topological polar surface area (TPSA) is 34.1 Å². The number of aryl methyl sites for hydroxylation is 1. The molecule has 3 heteroatoms. The van der Waals surface area contributed by atoms with Gasteiger partial charge in [-0.2, -0.15) is 0 Å². The van der Waals surface area contributed by atoms with Gasteiger partial charge >= 0.3 is 0 Å². The highest BCUT2D eigenvalue weighted by atomic mass is 16.5. The van der Waals surface area contributed by atoms with Crippen LogP contribution < -0.4 is 10.1 Å². The summed E-state index contributed by atoms with van der Waals surface area (Å²) in [4.78, 5) is 4.23. The molecular weight excluding hydrogens is 152 g/mol. The Bertz CT molecular complexity index is 261. The normalized spacial score (nSPS) is 9.58.